The van der Waals surface area contributed by atoms with Gasteiger partial charge in [-0.2, -0.15) is 0 Å². The van der Waals surface area contributed by atoms with E-state index in [0.717, 1.165) is 28.2 Å². The summed E-state index contributed by atoms with van der Waals surface area (Å²) in [6.07, 6.45) is 2.14. The summed E-state index contributed by atoms with van der Waals surface area (Å²) in [5, 5.41) is 0. The van der Waals surface area contributed by atoms with Crippen LogP contribution < -0.4 is 4.90 Å². The lowest BCUT2D eigenvalue weighted by molar-refractivity contribution is 0.654. The van der Waals surface area contributed by atoms with Crippen molar-refractivity contribution in [2.75, 3.05) is 18.0 Å². The van der Waals surface area contributed by atoms with E-state index in [1.807, 2.05) is 0 Å². The summed E-state index contributed by atoms with van der Waals surface area (Å²) >= 11 is 2.51. The first-order chi connectivity index (χ1) is 9.20. The number of imidazole rings is 1. The van der Waals surface area contributed by atoms with Crippen molar-refractivity contribution in [1.29, 1.82) is 0 Å². The van der Waals surface area contributed by atoms with Gasteiger partial charge in [0, 0.05) is 35.0 Å². The zero-order chi connectivity index (χ0) is 13.0. The van der Waals surface area contributed by atoms with E-state index in [4.69, 9.17) is 4.98 Å². The highest BCUT2D eigenvalue weighted by atomic mass is 127. The Morgan fingerprint density at radius 2 is 2.05 bits per heavy atom. The van der Waals surface area contributed by atoms with Crippen LogP contribution in [0, 0.1) is 6.92 Å². The molecule has 0 amide bonds. The number of aromatic nitrogens is 2. The summed E-state index contributed by atoms with van der Waals surface area (Å²) in [4.78, 5) is 7.12. The van der Waals surface area contributed by atoms with Crippen molar-refractivity contribution < 1.29 is 0 Å². The van der Waals surface area contributed by atoms with Crippen molar-refractivity contribution in [1.82, 2.24) is 9.38 Å². The minimum atomic E-state index is 0.787. The Bertz CT molecular complexity index is 772. The Morgan fingerprint density at radius 1 is 1.21 bits per heavy atom. The number of fused-ring (bicyclic) bond motifs is 3. The van der Waals surface area contributed by atoms with Gasteiger partial charge in [0.05, 0.1) is 11.0 Å². The zero-order valence-corrected chi connectivity index (χ0v) is 12.8. The lowest BCUT2D eigenvalue weighted by atomic mass is 10.2. The molecule has 0 aliphatic carbocycles. The first kappa shape index (κ1) is 11.5. The molecule has 19 heavy (non-hydrogen) atoms. The number of benzene rings is 1. The van der Waals surface area contributed by atoms with Gasteiger partial charge in [-0.1, -0.05) is 28.7 Å². The molecule has 2 aromatic heterocycles. The van der Waals surface area contributed by atoms with Gasteiger partial charge in [0.1, 0.15) is 5.65 Å². The van der Waals surface area contributed by atoms with Crippen LogP contribution in [0.4, 0.5) is 5.69 Å². The van der Waals surface area contributed by atoms with Crippen molar-refractivity contribution in [3.63, 3.8) is 0 Å². The molecule has 0 atom stereocenters. The Morgan fingerprint density at radius 3 is 2.84 bits per heavy atom. The van der Waals surface area contributed by atoms with Gasteiger partial charge in [-0.3, -0.25) is 4.40 Å². The molecule has 0 saturated carbocycles. The Hall–Kier alpha value is -1.30. The molecule has 3 aromatic rings. The van der Waals surface area contributed by atoms with Gasteiger partial charge < -0.3 is 4.90 Å². The minimum Gasteiger partial charge on any atom is -0.369 e. The average molecular weight is 363 g/mol. The predicted octanol–water partition coefficient (Wildman–Crippen LogP) is 3.42. The third-order valence-electron chi connectivity index (χ3n) is 3.75. The van der Waals surface area contributed by atoms with E-state index in [1.54, 1.807) is 0 Å². The number of alkyl halides is 1. The van der Waals surface area contributed by atoms with Crippen LogP contribution in [0.5, 0.6) is 0 Å². The minimum absolute atomic E-state index is 0.787. The summed E-state index contributed by atoms with van der Waals surface area (Å²) in [5.41, 5.74) is 5.85. The quantitative estimate of drug-likeness (QED) is 0.488. The fourth-order valence-electron chi connectivity index (χ4n) is 2.64. The molecule has 1 aliphatic heterocycles. The van der Waals surface area contributed by atoms with Gasteiger partial charge >= 0.3 is 0 Å². The van der Waals surface area contributed by atoms with Crippen molar-refractivity contribution in [2.24, 2.45) is 0 Å². The van der Waals surface area contributed by atoms with Crippen LogP contribution in [0.15, 0.2) is 36.5 Å². The third-order valence-corrected chi connectivity index (χ3v) is 4.53. The highest BCUT2D eigenvalue weighted by Gasteiger charge is 2.24. The lowest BCUT2D eigenvalue weighted by Gasteiger charge is -2.37. The zero-order valence-electron chi connectivity index (χ0n) is 10.7. The number of aryl methyl sites for hydroxylation is 1. The number of anilines is 1. The van der Waals surface area contributed by atoms with Crippen LogP contribution in [-0.2, 0) is 0 Å². The maximum Gasteiger partial charge on any atom is 0.139 e. The monoisotopic (exact) mass is 363 g/mol. The summed E-state index contributed by atoms with van der Waals surface area (Å²) in [5.74, 6) is 0. The number of hydrogen-bond acceptors (Lipinski definition) is 2. The van der Waals surface area contributed by atoms with E-state index in [2.05, 4.69) is 75.3 Å². The topological polar surface area (TPSA) is 20.5 Å². The molecule has 4 rings (SSSR count). The molecule has 96 valence electrons. The first-order valence-corrected chi connectivity index (χ1v) is 7.73. The van der Waals surface area contributed by atoms with Gasteiger partial charge in [-0.15, -0.1) is 0 Å². The normalized spacial score (nSPS) is 16.2. The van der Waals surface area contributed by atoms with E-state index >= 15 is 0 Å². The molecule has 0 unspecified atom stereocenters. The van der Waals surface area contributed by atoms with Crippen molar-refractivity contribution in [3.05, 3.63) is 42.1 Å². The number of pyridine rings is 1. The second-order valence-electron chi connectivity index (χ2n) is 5.22. The Balaban J connectivity index is 1.87. The second kappa shape index (κ2) is 4.10. The molecule has 1 aromatic carbocycles. The van der Waals surface area contributed by atoms with Crippen molar-refractivity contribution in [2.45, 2.75) is 10.8 Å². The molecule has 3 nitrogen and oxygen atoms in total. The SMILES string of the molecule is Cc1ccc2nc3cc(N4CC(I)C4)ccn3c2c1. The van der Waals surface area contributed by atoms with E-state index in [1.165, 1.54) is 16.8 Å². The van der Waals surface area contributed by atoms with Crippen molar-refractivity contribution >= 4 is 45.0 Å². The summed E-state index contributed by atoms with van der Waals surface area (Å²) < 4.78 is 2.96. The maximum absolute atomic E-state index is 4.71. The highest BCUT2D eigenvalue weighted by Crippen LogP contribution is 2.27. The largest absolute Gasteiger partial charge is 0.369 e. The van der Waals surface area contributed by atoms with Gasteiger partial charge in [0.25, 0.3) is 0 Å². The van der Waals surface area contributed by atoms with E-state index < -0.39 is 0 Å². The van der Waals surface area contributed by atoms with Crippen LogP contribution in [0.2, 0.25) is 0 Å². The van der Waals surface area contributed by atoms with Crippen molar-refractivity contribution in [3.8, 4) is 0 Å². The van der Waals surface area contributed by atoms with E-state index in [-0.39, 0.29) is 0 Å². The van der Waals surface area contributed by atoms with Gasteiger partial charge in [-0.25, -0.2) is 4.98 Å². The van der Waals surface area contributed by atoms with E-state index in [0.29, 0.717) is 0 Å². The van der Waals surface area contributed by atoms with Crippen LogP contribution in [-0.4, -0.2) is 26.4 Å². The van der Waals surface area contributed by atoms with Gasteiger partial charge in [0.15, 0.2) is 0 Å². The fourth-order valence-corrected chi connectivity index (χ4v) is 3.59. The number of hydrogen-bond donors (Lipinski definition) is 0. The van der Waals surface area contributed by atoms with Gasteiger partial charge in [-0.05, 0) is 30.7 Å². The molecule has 1 fully saturated rings. The van der Waals surface area contributed by atoms with Crippen LogP contribution in [0.25, 0.3) is 16.7 Å². The molecular weight excluding hydrogens is 349 g/mol. The number of rotatable bonds is 1. The third kappa shape index (κ3) is 1.81. The maximum atomic E-state index is 4.71. The second-order valence-corrected chi connectivity index (χ2v) is 6.98. The first-order valence-electron chi connectivity index (χ1n) is 6.48. The summed E-state index contributed by atoms with van der Waals surface area (Å²) in [6, 6.07) is 10.8. The van der Waals surface area contributed by atoms with E-state index in [9.17, 15) is 0 Å². The molecule has 0 spiro atoms. The molecule has 1 aliphatic rings. The smallest absolute Gasteiger partial charge is 0.139 e. The molecule has 3 heterocycles. The van der Waals surface area contributed by atoms with Gasteiger partial charge in [0.2, 0.25) is 0 Å². The summed E-state index contributed by atoms with van der Waals surface area (Å²) in [6.45, 7) is 4.42. The Labute approximate surface area is 125 Å². The summed E-state index contributed by atoms with van der Waals surface area (Å²) in [7, 11) is 0. The molecule has 4 heteroatoms. The molecular formula is C15H14IN3. The standard InChI is InChI=1S/C15H14IN3/c1-10-2-3-13-14(6-10)19-5-4-12(7-15(19)17-13)18-8-11(16)9-18/h2-7,11H,8-9H2,1H3. The number of nitrogens with zero attached hydrogens (tertiary/aromatic N) is 3. The highest BCUT2D eigenvalue weighted by molar-refractivity contribution is 14.1. The molecule has 0 radical (unpaired) electrons. The molecule has 1 saturated heterocycles. The Kier molecular flexibility index (Phi) is 2.48. The molecule has 0 N–H and O–H groups in total. The molecule has 0 bridgehead atoms. The van der Waals surface area contributed by atoms with Crippen LogP contribution in [0.3, 0.4) is 0 Å². The predicted molar refractivity (Wildman–Crippen MR) is 87.5 cm³/mol. The lowest BCUT2D eigenvalue weighted by Crippen LogP contribution is -2.47. The average Bonchev–Trinajstić information content (AvgIpc) is 2.72. The fraction of sp³-hybridized carbons (Fsp3) is 0.267. The van der Waals surface area contributed by atoms with Crippen LogP contribution >= 0.6 is 22.6 Å². The number of halogens is 1. The van der Waals surface area contributed by atoms with Crippen LogP contribution in [0.1, 0.15) is 5.56 Å².